The second-order valence-corrected chi connectivity index (χ2v) is 5.73. The van der Waals surface area contributed by atoms with E-state index < -0.39 is 18.0 Å². The van der Waals surface area contributed by atoms with Gasteiger partial charge in [0, 0.05) is 25.0 Å². The van der Waals surface area contributed by atoms with Crippen LogP contribution in [0.2, 0.25) is 0 Å². The number of rotatable bonds is 1. The van der Waals surface area contributed by atoms with Crippen molar-refractivity contribution in [1.82, 2.24) is 4.90 Å². The maximum absolute atomic E-state index is 13.0. The number of carbonyl (C=O) groups excluding carboxylic acids is 1. The van der Waals surface area contributed by atoms with Crippen LogP contribution in [0.1, 0.15) is 38.5 Å². The van der Waals surface area contributed by atoms with E-state index in [1.54, 1.807) is 4.90 Å². The summed E-state index contributed by atoms with van der Waals surface area (Å²) in [6, 6.07) is -0.0920. The number of alkyl halides is 3. The Balaban J connectivity index is 2.07. The molecule has 1 saturated heterocycles. The van der Waals surface area contributed by atoms with Gasteiger partial charge in [0.15, 0.2) is 0 Å². The fourth-order valence-electron chi connectivity index (χ4n) is 3.26. The molecule has 6 heteroatoms. The van der Waals surface area contributed by atoms with Gasteiger partial charge in [0.05, 0.1) is 5.92 Å². The zero-order valence-corrected chi connectivity index (χ0v) is 11.0. The first-order valence-electron chi connectivity index (χ1n) is 7.00. The summed E-state index contributed by atoms with van der Waals surface area (Å²) in [5.74, 6) is -2.69. The Hall–Kier alpha value is -0.780. The third-order valence-corrected chi connectivity index (χ3v) is 4.27. The first-order valence-corrected chi connectivity index (χ1v) is 7.00. The molecular weight excluding hydrogens is 257 g/mol. The van der Waals surface area contributed by atoms with Crippen molar-refractivity contribution >= 4 is 5.91 Å². The van der Waals surface area contributed by atoms with Gasteiger partial charge in [0.2, 0.25) is 5.91 Å². The molecule has 0 radical (unpaired) electrons. The molecule has 1 saturated carbocycles. The summed E-state index contributed by atoms with van der Waals surface area (Å²) in [4.78, 5) is 13.9. The lowest BCUT2D eigenvalue weighted by atomic mass is 9.77. The molecule has 19 heavy (non-hydrogen) atoms. The second-order valence-electron chi connectivity index (χ2n) is 5.73. The molecule has 3 atom stereocenters. The zero-order chi connectivity index (χ0) is 14.0. The predicted octanol–water partition coefficient (Wildman–Crippen LogP) is 2.30. The smallest absolute Gasteiger partial charge is 0.341 e. The third kappa shape index (κ3) is 3.41. The molecule has 0 bridgehead atoms. The van der Waals surface area contributed by atoms with Crippen LogP contribution < -0.4 is 5.73 Å². The van der Waals surface area contributed by atoms with E-state index in [0.29, 0.717) is 32.4 Å². The fourth-order valence-corrected chi connectivity index (χ4v) is 3.26. The number of piperidine rings is 1. The molecule has 1 heterocycles. The summed E-state index contributed by atoms with van der Waals surface area (Å²) in [6.45, 7) is 0.952. The van der Waals surface area contributed by atoms with Crippen LogP contribution in [0.4, 0.5) is 13.2 Å². The van der Waals surface area contributed by atoms with Gasteiger partial charge in [-0.05, 0) is 25.7 Å². The van der Waals surface area contributed by atoms with Gasteiger partial charge in [-0.15, -0.1) is 0 Å². The van der Waals surface area contributed by atoms with Crippen LogP contribution in [-0.2, 0) is 4.79 Å². The van der Waals surface area contributed by atoms with Gasteiger partial charge in [-0.25, -0.2) is 0 Å². The van der Waals surface area contributed by atoms with Crippen molar-refractivity contribution in [1.29, 1.82) is 0 Å². The van der Waals surface area contributed by atoms with Gasteiger partial charge < -0.3 is 10.6 Å². The maximum atomic E-state index is 13.0. The van der Waals surface area contributed by atoms with Crippen molar-refractivity contribution in [2.75, 3.05) is 13.1 Å². The van der Waals surface area contributed by atoms with Crippen molar-refractivity contribution in [3.05, 3.63) is 0 Å². The van der Waals surface area contributed by atoms with Gasteiger partial charge in [0.25, 0.3) is 0 Å². The Morgan fingerprint density at radius 3 is 2.42 bits per heavy atom. The minimum absolute atomic E-state index is 0.0831. The lowest BCUT2D eigenvalue weighted by molar-refractivity contribution is -0.201. The largest absolute Gasteiger partial charge is 0.392 e. The lowest BCUT2D eigenvalue weighted by Crippen LogP contribution is -2.50. The molecule has 0 aromatic carbocycles. The minimum atomic E-state index is -4.27. The first-order chi connectivity index (χ1) is 8.89. The average molecular weight is 278 g/mol. The molecule has 3 nitrogen and oxygen atoms in total. The number of hydrogen-bond acceptors (Lipinski definition) is 2. The van der Waals surface area contributed by atoms with E-state index in [0.717, 1.165) is 12.8 Å². The van der Waals surface area contributed by atoms with Crippen molar-refractivity contribution in [3.8, 4) is 0 Å². The van der Waals surface area contributed by atoms with E-state index in [4.69, 9.17) is 5.73 Å². The molecule has 2 aliphatic rings. The van der Waals surface area contributed by atoms with E-state index in [1.165, 1.54) is 0 Å². The average Bonchev–Trinajstić information content (AvgIpc) is 2.37. The number of hydrogen-bond donors (Lipinski definition) is 1. The highest BCUT2D eigenvalue weighted by atomic mass is 19.4. The Bertz CT molecular complexity index is 332. The fraction of sp³-hybridized carbons (Fsp3) is 0.923. The molecule has 2 fully saturated rings. The topological polar surface area (TPSA) is 46.3 Å². The van der Waals surface area contributed by atoms with Crippen molar-refractivity contribution in [2.24, 2.45) is 17.6 Å². The van der Waals surface area contributed by atoms with E-state index >= 15 is 0 Å². The molecule has 0 aromatic rings. The molecule has 1 aliphatic heterocycles. The zero-order valence-electron chi connectivity index (χ0n) is 11.0. The highest BCUT2D eigenvalue weighted by molar-refractivity contribution is 5.79. The summed E-state index contributed by atoms with van der Waals surface area (Å²) in [5, 5.41) is 0. The Labute approximate surface area is 111 Å². The van der Waals surface area contributed by atoms with Gasteiger partial charge in [-0.3, -0.25) is 4.79 Å². The molecule has 2 rings (SSSR count). The van der Waals surface area contributed by atoms with Gasteiger partial charge in [-0.2, -0.15) is 13.2 Å². The SMILES string of the molecule is N[C@@H]1CCCN(C(=O)C2CCCCC2C(F)(F)F)C1. The molecular formula is C13H21F3N2O. The second kappa shape index (κ2) is 5.69. The van der Waals surface area contributed by atoms with Crippen LogP contribution in [0.15, 0.2) is 0 Å². The molecule has 1 amide bonds. The predicted molar refractivity (Wildman–Crippen MR) is 65.3 cm³/mol. The third-order valence-electron chi connectivity index (χ3n) is 4.27. The number of likely N-dealkylation sites (tertiary alicyclic amines) is 1. The minimum Gasteiger partial charge on any atom is -0.341 e. The van der Waals surface area contributed by atoms with Crippen LogP contribution in [0, 0.1) is 11.8 Å². The number of nitrogens with zero attached hydrogens (tertiary/aromatic N) is 1. The van der Waals surface area contributed by atoms with Crippen LogP contribution in [0.5, 0.6) is 0 Å². The number of nitrogens with two attached hydrogens (primary N) is 1. The Kier molecular flexibility index (Phi) is 4.38. The first kappa shape index (κ1) is 14.6. The highest BCUT2D eigenvalue weighted by Crippen LogP contribution is 2.42. The Morgan fingerprint density at radius 2 is 1.79 bits per heavy atom. The van der Waals surface area contributed by atoms with E-state index in [2.05, 4.69) is 0 Å². The van der Waals surface area contributed by atoms with Gasteiger partial charge >= 0.3 is 6.18 Å². The van der Waals surface area contributed by atoms with Crippen LogP contribution in [-0.4, -0.2) is 36.1 Å². The standard InChI is InChI=1S/C13H21F3N2O/c14-13(15,16)11-6-2-1-5-10(11)12(19)18-7-3-4-9(17)8-18/h9-11H,1-8,17H2/t9-,10?,11?/m1/s1. The highest BCUT2D eigenvalue weighted by Gasteiger charge is 2.49. The van der Waals surface area contributed by atoms with Crippen molar-refractivity contribution in [3.63, 3.8) is 0 Å². The lowest BCUT2D eigenvalue weighted by Gasteiger charge is -2.38. The van der Waals surface area contributed by atoms with Crippen molar-refractivity contribution in [2.45, 2.75) is 50.7 Å². The summed E-state index contributed by atoms with van der Waals surface area (Å²) in [6.07, 6.45) is -0.920. The monoisotopic (exact) mass is 278 g/mol. The normalized spacial score (nSPS) is 33.3. The summed E-state index contributed by atoms with van der Waals surface area (Å²) in [7, 11) is 0. The van der Waals surface area contributed by atoms with Gasteiger partial charge in [-0.1, -0.05) is 12.8 Å². The summed E-state index contributed by atoms with van der Waals surface area (Å²) < 4.78 is 39.0. The molecule has 2 N–H and O–H groups in total. The molecule has 2 unspecified atom stereocenters. The quantitative estimate of drug-likeness (QED) is 0.800. The van der Waals surface area contributed by atoms with E-state index in [9.17, 15) is 18.0 Å². The molecule has 110 valence electrons. The Morgan fingerprint density at radius 1 is 1.11 bits per heavy atom. The molecule has 1 aliphatic carbocycles. The van der Waals surface area contributed by atoms with Crippen LogP contribution in [0.3, 0.4) is 0 Å². The van der Waals surface area contributed by atoms with E-state index in [1.807, 2.05) is 0 Å². The number of carbonyl (C=O) groups is 1. The van der Waals surface area contributed by atoms with Crippen LogP contribution >= 0.6 is 0 Å². The van der Waals surface area contributed by atoms with Crippen LogP contribution in [0.25, 0.3) is 0 Å². The maximum Gasteiger partial charge on any atom is 0.392 e. The molecule has 0 aromatic heterocycles. The number of amides is 1. The van der Waals surface area contributed by atoms with E-state index in [-0.39, 0.29) is 18.4 Å². The van der Waals surface area contributed by atoms with Crippen molar-refractivity contribution < 1.29 is 18.0 Å². The summed E-state index contributed by atoms with van der Waals surface area (Å²) in [5.41, 5.74) is 5.80. The van der Waals surface area contributed by atoms with Gasteiger partial charge in [0.1, 0.15) is 0 Å². The summed E-state index contributed by atoms with van der Waals surface area (Å²) >= 11 is 0. The number of halogens is 3. The molecule has 0 spiro atoms.